The van der Waals surface area contributed by atoms with Gasteiger partial charge in [0.15, 0.2) is 28.2 Å². The van der Waals surface area contributed by atoms with Gasteiger partial charge in [-0.15, -0.1) is 11.3 Å². The Bertz CT molecular complexity index is 1530. The Morgan fingerprint density at radius 3 is 2.56 bits per heavy atom. The minimum absolute atomic E-state index is 0.101. The molecule has 1 N–H and O–H groups in total. The van der Waals surface area contributed by atoms with Crippen LogP contribution in [0.4, 0.5) is 8.78 Å². The van der Waals surface area contributed by atoms with Crippen LogP contribution >= 0.6 is 22.9 Å². The van der Waals surface area contributed by atoms with Crippen LogP contribution in [0.25, 0.3) is 0 Å². The van der Waals surface area contributed by atoms with Crippen molar-refractivity contribution in [3.05, 3.63) is 79.7 Å². The van der Waals surface area contributed by atoms with Crippen molar-refractivity contribution in [2.24, 2.45) is 18.0 Å². The van der Waals surface area contributed by atoms with Gasteiger partial charge in [-0.1, -0.05) is 17.7 Å². The number of thiazole rings is 1. The number of benzene rings is 1. The summed E-state index contributed by atoms with van der Waals surface area (Å²) in [5.74, 6) is -2.96. The molecule has 1 aromatic carbocycles. The Kier molecular flexibility index (Phi) is 8.50. The van der Waals surface area contributed by atoms with Gasteiger partial charge in [-0.25, -0.2) is 23.4 Å². The monoisotopic (exact) mass is 603 g/mol. The number of nitrogens with zero attached hydrogens (tertiary/aromatic N) is 4. The fourth-order valence-electron chi connectivity index (χ4n) is 5.49. The number of methoxy groups -OCH3 is 1. The van der Waals surface area contributed by atoms with E-state index in [1.165, 1.54) is 24.5 Å². The second kappa shape index (κ2) is 12.1. The van der Waals surface area contributed by atoms with Crippen LogP contribution in [0.5, 0.6) is 0 Å². The van der Waals surface area contributed by atoms with E-state index in [2.05, 4.69) is 15.4 Å². The maximum atomic E-state index is 14.6. The first kappa shape index (κ1) is 28.9. The topological polar surface area (TPSA) is 108 Å². The number of halogens is 3. The average Bonchev–Trinajstić information content (AvgIpc) is 3.66. The molecule has 216 valence electrons. The van der Waals surface area contributed by atoms with Crippen LogP contribution in [0.15, 0.2) is 46.0 Å². The molecule has 9 nitrogen and oxygen atoms in total. The van der Waals surface area contributed by atoms with E-state index in [0.29, 0.717) is 29.4 Å². The second-order valence-electron chi connectivity index (χ2n) is 9.77. The molecule has 1 atom stereocenters. The Hall–Kier alpha value is -3.64. The lowest BCUT2D eigenvalue weighted by Crippen LogP contribution is -2.38. The first-order chi connectivity index (χ1) is 19.7. The number of aryl methyl sites for hydroxylation is 1. The lowest BCUT2D eigenvalue weighted by molar-refractivity contribution is -0.139. The molecule has 3 heterocycles. The highest BCUT2D eigenvalue weighted by Gasteiger charge is 2.39. The van der Waals surface area contributed by atoms with E-state index in [4.69, 9.17) is 26.1 Å². The first-order valence-corrected chi connectivity index (χ1v) is 14.4. The van der Waals surface area contributed by atoms with Crippen molar-refractivity contribution in [2.75, 3.05) is 13.7 Å². The molecule has 3 aromatic rings. The smallest absolute Gasteiger partial charge is 0.358 e. The molecular formula is C28H28ClF2N5O4S. The highest BCUT2D eigenvalue weighted by atomic mass is 35.5. The van der Waals surface area contributed by atoms with Crippen LogP contribution < -0.4 is 5.32 Å². The number of carbonyl (C=O) groups is 2. The molecule has 0 saturated heterocycles. The highest BCUT2D eigenvalue weighted by Crippen LogP contribution is 2.44. The molecule has 2 aromatic heterocycles. The predicted octanol–water partition coefficient (Wildman–Crippen LogP) is 5.48. The molecule has 0 radical (unpaired) electrons. The number of allylic oxidation sites excluding steroid dienone is 1. The zero-order chi connectivity index (χ0) is 29.3. The van der Waals surface area contributed by atoms with Crippen molar-refractivity contribution in [3.63, 3.8) is 0 Å². The van der Waals surface area contributed by atoms with E-state index in [9.17, 15) is 18.4 Å². The van der Waals surface area contributed by atoms with Crippen molar-refractivity contribution in [1.29, 1.82) is 0 Å². The second-order valence-corrected chi connectivity index (χ2v) is 11.0. The van der Waals surface area contributed by atoms with E-state index in [0.717, 1.165) is 24.6 Å². The molecular weight excluding hydrogens is 576 g/mol. The summed E-state index contributed by atoms with van der Waals surface area (Å²) in [7, 11) is 3.11. The van der Waals surface area contributed by atoms with Gasteiger partial charge in [0.05, 0.1) is 24.3 Å². The molecule has 0 bridgehead atoms. The van der Waals surface area contributed by atoms with Crippen molar-refractivity contribution in [1.82, 2.24) is 20.1 Å². The third-order valence-corrected chi connectivity index (χ3v) is 8.59. The third-order valence-electron chi connectivity index (χ3n) is 7.43. The summed E-state index contributed by atoms with van der Waals surface area (Å²) >= 11 is 7.64. The van der Waals surface area contributed by atoms with Gasteiger partial charge in [-0.2, -0.15) is 5.10 Å². The number of nitrogens with one attached hydrogen (secondary N) is 1. The molecule has 41 heavy (non-hydrogen) atoms. The summed E-state index contributed by atoms with van der Waals surface area (Å²) in [4.78, 5) is 34.5. The number of rotatable bonds is 7. The van der Waals surface area contributed by atoms with Crippen molar-refractivity contribution in [2.45, 2.75) is 44.6 Å². The van der Waals surface area contributed by atoms with E-state index in [1.807, 2.05) is 0 Å². The van der Waals surface area contributed by atoms with Crippen LogP contribution in [0, 0.1) is 17.6 Å². The summed E-state index contributed by atoms with van der Waals surface area (Å²) < 4.78 is 40.5. The van der Waals surface area contributed by atoms with Gasteiger partial charge in [0.25, 0.3) is 0 Å². The number of ether oxygens (including phenoxy) is 2. The third kappa shape index (κ3) is 5.62. The fraction of sp³-hybridized carbons (Fsp3) is 0.393. The van der Waals surface area contributed by atoms with Crippen molar-refractivity contribution < 1.29 is 27.8 Å². The minimum Gasteiger partial charge on any atom is -0.464 e. The number of aliphatic imine (C=N–C) groups is 1. The van der Waals surface area contributed by atoms with E-state index < -0.39 is 34.6 Å². The molecule has 1 aliphatic carbocycles. The first-order valence-electron chi connectivity index (χ1n) is 13.1. The lowest BCUT2D eigenvalue weighted by Gasteiger charge is -2.35. The van der Waals surface area contributed by atoms with Crippen LogP contribution in [0.3, 0.4) is 0 Å². The van der Waals surface area contributed by atoms with Gasteiger partial charge < -0.3 is 14.8 Å². The quantitative estimate of drug-likeness (QED) is 0.282. The summed E-state index contributed by atoms with van der Waals surface area (Å²) in [6.07, 6.45) is 4.53. The molecule has 1 unspecified atom stereocenters. The SMILES string of the molecule is CCOC(=O)C1=C([C@H]2CC[C@H](c3cc(C(=O)OC)nn3C)CC2)NC(c2nccs2)=NC1c1ccc(F)c(F)c1Cl. The maximum absolute atomic E-state index is 14.6. The van der Waals surface area contributed by atoms with Crippen LogP contribution in [0.2, 0.25) is 5.02 Å². The van der Waals surface area contributed by atoms with E-state index in [-0.39, 0.29) is 35.3 Å². The van der Waals surface area contributed by atoms with Gasteiger partial charge in [0.2, 0.25) is 0 Å². The molecule has 2 aliphatic rings. The lowest BCUT2D eigenvalue weighted by atomic mass is 9.77. The number of amidine groups is 1. The summed E-state index contributed by atoms with van der Waals surface area (Å²) in [5.41, 5.74) is 2.14. The Labute approximate surface area is 244 Å². The molecule has 5 rings (SSSR count). The van der Waals surface area contributed by atoms with Gasteiger partial charge in [-0.3, -0.25) is 9.67 Å². The van der Waals surface area contributed by atoms with Gasteiger partial charge in [0, 0.05) is 41.5 Å². The van der Waals surface area contributed by atoms with Crippen LogP contribution in [-0.2, 0) is 21.3 Å². The van der Waals surface area contributed by atoms with Crippen molar-refractivity contribution in [3.8, 4) is 0 Å². The molecule has 13 heteroatoms. The largest absolute Gasteiger partial charge is 0.464 e. The number of hydrogen-bond acceptors (Lipinski definition) is 9. The van der Waals surface area contributed by atoms with Crippen molar-refractivity contribution >= 4 is 40.7 Å². The number of aromatic nitrogens is 3. The normalized spacial score (nSPS) is 20.8. The molecule has 1 fully saturated rings. The van der Waals surface area contributed by atoms with Gasteiger partial charge >= 0.3 is 11.9 Å². The van der Waals surface area contributed by atoms with Gasteiger partial charge in [-0.05, 0) is 50.7 Å². The average molecular weight is 604 g/mol. The highest BCUT2D eigenvalue weighted by molar-refractivity contribution is 7.11. The molecule has 0 amide bonds. The van der Waals surface area contributed by atoms with Crippen LogP contribution in [0.1, 0.15) is 71.3 Å². The molecule has 0 spiro atoms. The standard InChI is InChI=1S/C28H28ClF2N5O4S/c1-4-40-28(38)20-23(15-7-5-14(6-8-15)19-13-18(27(37)39-3)35-36(19)2)33-25(26-32-11-12-41-26)34-24(20)16-9-10-17(30)22(31)21(16)29/h9-15,24H,4-8H2,1-3H3,(H,33,34)/t14-,15-,24?. The molecule has 1 saturated carbocycles. The Balaban J connectivity index is 1.53. The molecule has 1 aliphatic heterocycles. The van der Waals surface area contributed by atoms with E-state index >= 15 is 0 Å². The number of carbonyl (C=O) groups excluding carboxylic acids is 2. The summed E-state index contributed by atoms with van der Waals surface area (Å²) in [6, 6.07) is 3.04. The number of hydrogen-bond donors (Lipinski definition) is 1. The summed E-state index contributed by atoms with van der Waals surface area (Å²) in [6.45, 7) is 1.81. The van der Waals surface area contributed by atoms with E-state index in [1.54, 1.807) is 36.3 Å². The zero-order valence-corrected chi connectivity index (χ0v) is 24.2. The maximum Gasteiger partial charge on any atom is 0.358 e. The zero-order valence-electron chi connectivity index (χ0n) is 22.6. The van der Waals surface area contributed by atoms with Crippen LogP contribution in [-0.4, -0.2) is 46.3 Å². The minimum atomic E-state index is -1.21. The summed E-state index contributed by atoms with van der Waals surface area (Å²) in [5, 5.41) is 9.56. The fourth-order valence-corrected chi connectivity index (χ4v) is 6.34. The van der Waals surface area contributed by atoms with Gasteiger partial charge in [0.1, 0.15) is 6.04 Å². The predicted molar refractivity (Wildman–Crippen MR) is 149 cm³/mol. The Morgan fingerprint density at radius 1 is 1.17 bits per heavy atom. The Morgan fingerprint density at radius 2 is 1.90 bits per heavy atom. The number of esters is 2.